The number of hydrogen-bond donors (Lipinski definition) is 3. The van der Waals surface area contributed by atoms with E-state index in [9.17, 15) is 13.2 Å². The Kier molecular flexibility index (Phi) is 5.74. The lowest BCUT2D eigenvalue weighted by Crippen LogP contribution is -2.43. The molecule has 0 aromatic carbocycles. The van der Waals surface area contributed by atoms with Crippen molar-refractivity contribution in [3.8, 4) is 0 Å². The van der Waals surface area contributed by atoms with Crippen LogP contribution in [0.3, 0.4) is 0 Å². The second-order valence-corrected chi connectivity index (χ2v) is 3.95. The maximum absolute atomic E-state index is 12.4. The molecule has 2 unspecified atom stereocenters. The van der Waals surface area contributed by atoms with Crippen molar-refractivity contribution >= 4 is 5.84 Å². The standard InChI is InChI=1S/C9H18F3N3O/c1-6(16)3-4-15(2)5-7(8(13)14)9(10,11)12/h6-7,16H,3-5H2,1-2H3,(H3,13,14). The molecule has 0 radical (unpaired) electrons. The van der Waals surface area contributed by atoms with E-state index in [0.717, 1.165) is 0 Å². The molecule has 0 rings (SSSR count). The van der Waals surface area contributed by atoms with Crippen LogP contribution in [0.1, 0.15) is 13.3 Å². The van der Waals surface area contributed by atoms with Crippen LogP contribution in [-0.4, -0.2) is 48.3 Å². The number of hydrogen-bond acceptors (Lipinski definition) is 3. The number of halogens is 3. The lowest BCUT2D eigenvalue weighted by molar-refractivity contribution is -0.159. The molecule has 7 heteroatoms. The molecule has 0 amide bonds. The van der Waals surface area contributed by atoms with Gasteiger partial charge in [-0.25, -0.2) is 0 Å². The Balaban J connectivity index is 4.25. The van der Waals surface area contributed by atoms with Crippen molar-refractivity contribution in [3.63, 3.8) is 0 Å². The zero-order valence-electron chi connectivity index (χ0n) is 9.38. The lowest BCUT2D eigenvalue weighted by atomic mass is 10.1. The van der Waals surface area contributed by atoms with Crippen LogP contribution < -0.4 is 5.73 Å². The minimum atomic E-state index is -4.50. The third-order valence-corrected chi connectivity index (χ3v) is 2.19. The molecule has 0 aliphatic rings. The maximum atomic E-state index is 12.4. The second kappa shape index (κ2) is 6.05. The van der Waals surface area contributed by atoms with Crippen LogP contribution in [0.5, 0.6) is 0 Å². The van der Waals surface area contributed by atoms with Gasteiger partial charge in [0.1, 0.15) is 11.8 Å². The first kappa shape index (κ1) is 15.2. The van der Waals surface area contributed by atoms with E-state index < -0.39 is 24.0 Å². The van der Waals surface area contributed by atoms with Crippen molar-refractivity contribution in [3.05, 3.63) is 0 Å². The number of aliphatic hydroxyl groups excluding tert-OH is 1. The summed E-state index contributed by atoms with van der Waals surface area (Å²) in [5, 5.41) is 15.9. The van der Waals surface area contributed by atoms with Gasteiger partial charge in [-0.3, -0.25) is 5.41 Å². The Morgan fingerprint density at radius 3 is 2.31 bits per heavy atom. The molecule has 4 N–H and O–H groups in total. The zero-order chi connectivity index (χ0) is 12.9. The predicted octanol–water partition coefficient (Wildman–Crippen LogP) is 0.804. The highest BCUT2D eigenvalue weighted by molar-refractivity contribution is 5.80. The van der Waals surface area contributed by atoms with Gasteiger partial charge in [-0.2, -0.15) is 13.2 Å². The van der Waals surface area contributed by atoms with Crippen molar-refractivity contribution in [2.24, 2.45) is 11.7 Å². The third-order valence-electron chi connectivity index (χ3n) is 2.19. The van der Waals surface area contributed by atoms with Crippen LogP contribution in [0, 0.1) is 11.3 Å². The van der Waals surface area contributed by atoms with Gasteiger partial charge in [0.15, 0.2) is 0 Å². The van der Waals surface area contributed by atoms with Crippen LogP contribution in [0.25, 0.3) is 0 Å². The Morgan fingerprint density at radius 1 is 1.50 bits per heavy atom. The monoisotopic (exact) mass is 241 g/mol. The Hall–Kier alpha value is -0.820. The number of amidine groups is 1. The normalized spacial score (nSPS) is 16.2. The fourth-order valence-electron chi connectivity index (χ4n) is 1.19. The molecule has 16 heavy (non-hydrogen) atoms. The van der Waals surface area contributed by atoms with Gasteiger partial charge < -0.3 is 15.7 Å². The maximum Gasteiger partial charge on any atom is 0.399 e. The third kappa shape index (κ3) is 5.92. The van der Waals surface area contributed by atoms with Gasteiger partial charge in [0.05, 0.1) is 6.10 Å². The first-order valence-corrected chi connectivity index (χ1v) is 4.91. The van der Waals surface area contributed by atoms with E-state index in [1.54, 1.807) is 6.92 Å². The van der Waals surface area contributed by atoms with Crippen molar-refractivity contribution < 1.29 is 18.3 Å². The largest absolute Gasteiger partial charge is 0.399 e. The highest BCUT2D eigenvalue weighted by atomic mass is 19.4. The molecule has 0 fully saturated rings. The molecule has 0 saturated heterocycles. The second-order valence-electron chi connectivity index (χ2n) is 3.95. The Bertz CT molecular complexity index is 231. The van der Waals surface area contributed by atoms with Gasteiger partial charge in [0, 0.05) is 13.1 Å². The molecule has 0 aliphatic carbocycles. The van der Waals surface area contributed by atoms with Crippen molar-refractivity contribution in [1.82, 2.24) is 4.90 Å². The molecule has 0 bridgehead atoms. The SMILES string of the molecule is CC(O)CCN(C)CC(C(=N)N)C(F)(F)F. The summed E-state index contributed by atoms with van der Waals surface area (Å²) >= 11 is 0. The van der Waals surface area contributed by atoms with Gasteiger partial charge in [-0.05, 0) is 20.4 Å². The van der Waals surface area contributed by atoms with E-state index in [2.05, 4.69) is 0 Å². The van der Waals surface area contributed by atoms with E-state index in [0.29, 0.717) is 13.0 Å². The van der Waals surface area contributed by atoms with Crippen LogP contribution in [0.2, 0.25) is 0 Å². The van der Waals surface area contributed by atoms with Crippen LogP contribution >= 0.6 is 0 Å². The van der Waals surface area contributed by atoms with Gasteiger partial charge in [-0.1, -0.05) is 0 Å². The van der Waals surface area contributed by atoms with E-state index in [4.69, 9.17) is 16.2 Å². The molecule has 0 heterocycles. The van der Waals surface area contributed by atoms with Crippen molar-refractivity contribution in [2.45, 2.75) is 25.6 Å². The molecule has 0 spiro atoms. The van der Waals surface area contributed by atoms with Gasteiger partial charge >= 0.3 is 6.18 Å². The topological polar surface area (TPSA) is 73.3 Å². The number of rotatable bonds is 6. The summed E-state index contributed by atoms with van der Waals surface area (Å²) in [6, 6.07) is 0. The lowest BCUT2D eigenvalue weighted by Gasteiger charge is -2.25. The van der Waals surface area contributed by atoms with E-state index in [1.165, 1.54) is 11.9 Å². The van der Waals surface area contributed by atoms with Crippen molar-refractivity contribution in [1.29, 1.82) is 5.41 Å². The number of nitrogens with one attached hydrogen (secondary N) is 1. The highest BCUT2D eigenvalue weighted by Gasteiger charge is 2.42. The van der Waals surface area contributed by atoms with Crippen LogP contribution in [0.4, 0.5) is 13.2 Å². The van der Waals surface area contributed by atoms with Gasteiger partial charge in [-0.15, -0.1) is 0 Å². The van der Waals surface area contributed by atoms with Crippen LogP contribution in [-0.2, 0) is 0 Å². The van der Waals surface area contributed by atoms with E-state index in [-0.39, 0.29) is 6.54 Å². The van der Waals surface area contributed by atoms with Crippen LogP contribution in [0.15, 0.2) is 0 Å². The van der Waals surface area contributed by atoms with E-state index >= 15 is 0 Å². The summed E-state index contributed by atoms with van der Waals surface area (Å²) in [6.45, 7) is 1.54. The average molecular weight is 241 g/mol. The van der Waals surface area contributed by atoms with E-state index in [1.807, 2.05) is 0 Å². The molecule has 0 aromatic rings. The molecule has 0 aromatic heterocycles. The Morgan fingerprint density at radius 2 is 2.00 bits per heavy atom. The molecule has 4 nitrogen and oxygen atoms in total. The summed E-state index contributed by atoms with van der Waals surface area (Å²) in [7, 11) is 1.50. The summed E-state index contributed by atoms with van der Waals surface area (Å²) in [6.07, 6.45) is -4.66. The molecular formula is C9H18F3N3O. The fourth-order valence-corrected chi connectivity index (χ4v) is 1.19. The number of nitrogens with two attached hydrogens (primary N) is 1. The number of aliphatic hydroxyl groups is 1. The minimum Gasteiger partial charge on any atom is -0.393 e. The quantitative estimate of drug-likeness (QED) is 0.476. The Labute approximate surface area is 92.7 Å². The fraction of sp³-hybridized carbons (Fsp3) is 0.889. The first-order chi connectivity index (χ1) is 7.14. The molecule has 2 atom stereocenters. The summed E-state index contributed by atoms with van der Waals surface area (Å²) in [5.41, 5.74) is 4.91. The summed E-state index contributed by atoms with van der Waals surface area (Å²) < 4.78 is 37.3. The predicted molar refractivity (Wildman–Crippen MR) is 55.3 cm³/mol. The van der Waals surface area contributed by atoms with Gasteiger partial charge in [0.25, 0.3) is 0 Å². The molecule has 96 valence electrons. The molecule has 0 saturated carbocycles. The molecular weight excluding hydrogens is 223 g/mol. The summed E-state index contributed by atoms with van der Waals surface area (Å²) in [5.74, 6) is -2.82. The smallest absolute Gasteiger partial charge is 0.393 e. The average Bonchev–Trinajstić information content (AvgIpc) is 2.08. The number of nitrogens with zero attached hydrogens (tertiary/aromatic N) is 1. The summed E-state index contributed by atoms with van der Waals surface area (Å²) in [4.78, 5) is 1.41. The first-order valence-electron chi connectivity index (χ1n) is 4.91. The van der Waals surface area contributed by atoms with Crippen molar-refractivity contribution in [2.75, 3.05) is 20.1 Å². The molecule has 0 aliphatic heterocycles. The zero-order valence-corrected chi connectivity index (χ0v) is 9.38. The van der Waals surface area contributed by atoms with Gasteiger partial charge in [0.2, 0.25) is 0 Å². The minimum absolute atomic E-state index is 0.331. The highest BCUT2D eigenvalue weighted by Crippen LogP contribution is 2.26. The number of alkyl halides is 3.